The van der Waals surface area contributed by atoms with Crippen molar-refractivity contribution in [3.05, 3.63) is 81.2 Å². The average molecular weight is 420 g/mol. The number of nitrogens with zero attached hydrogens (tertiary/aromatic N) is 1. The molecule has 1 heterocycles. The molecule has 1 aliphatic rings. The maximum Gasteiger partial charge on any atom is 0.293 e. The third-order valence-corrected chi connectivity index (χ3v) is 5.26. The number of ether oxygens (including phenoxy) is 1. The summed E-state index contributed by atoms with van der Waals surface area (Å²) in [6, 6.07) is 12.2. The van der Waals surface area contributed by atoms with E-state index in [4.69, 9.17) is 27.9 Å². The molecule has 0 saturated carbocycles. The molecule has 0 radical (unpaired) electrons. The van der Waals surface area contributed by atoms with Crippen molar-refractivity contribution in [2.45, 2.75) is 6.54 Å². The first-order chi connectivity index (χ1) is 13.0. The number of carbonyl (C=O) groups is 2. The summed E-state index contributed by atoms with van der Waals surface area (Å²) in [6.45, 7) is 4.12. The maximum atomic E-state index is 12.6. The van der Waals surface area contributed by atoms with Gasteiger partial charge in [0.05, 0.1) is 11.4 Å². The van der Waals surface area contributed by atoms with E-state index in [2.05, 4.69) is 6.58 Å². The van der Waals surface area contributed by atoms with Crippen LogP contribution in [0.2, 0.25) is 10.0 Å². The standard InChI is InChI=1S/C20H15Cl2NO3S/c1-2-9-26-16-7-3-13(4-8-16)10-18-19(24)23(20(25)27-18)12-14-5-6-15(21)11-17(14)22/h2-8,10-11H,1,9,12H2/b18-10+. The van der Waals surface area contributed by atoms with Gasteiger partial charge in [0, 0.05) is 10.0 Å². The number of hydrogen-bond donors (Lipinski definition) is 0. The number of benzene rings is 2. The molecular weight excluding hydrogens is 405 g/mol. The Morgan fingerprint density at radius 1 is 1.11 bits per heavy atom. The van der Waals surface area contributed by atoms with Gasteiger partial charge >= 0.3 is 0 Å². The maximum absolute atomic E-state index is 12.6. The van der Waals surface area contributed by atoms with E-state index < -0.39 is 0 Å². The minimum Gasteiger partial charge on any atom is -0.490 e. The first-order valence-corrected chi connectivity index (χ1v) is 9.58. The third kappa shape index (κ3) is 4.75. The van der Waals surface area contributed by atoms with Crippen LogP contribution in [0.1, 0.15) is 11.1 Å². The van der Waals surface area contributed by atoms with Crippen molar-refractivity contribution < 1.29 is 14.3 Å². The summed E-state index contributed by atoms with van der Waals surface area (Å²) in [5.41, 5.74) is 1.46. The molecule has 2 aromatic carbocycles. The normalized spacial score (nSPS) is 15.5. The molecule has 0 spiro atoms. The van der Waals surface area contributed by atoms with Gasteiger partial charge in [0.15, 0.2) is 0 Å². The Hall–Kier alpha value is -2.21. The fraction of sp³-hybridized carbons (Fsp3) is 0.100. The molecule has 2 aromatic rings. The van der Waals surface area contributed by atoms with Crippen molar-refractivity contribution in [3.8, 4) is 5.75 Å². The molecule has 0 atom stereocenters. The number of hydrogen-bond acceptors (Lipinski definition) is 4. The molecule has 0 unspecified atom stereocenters. The second-order valence-corrected chi connectivity index (χ2v) is 7.51. The quantitative estimate of drug-likeness (QED) is 0.438. The average Bonchev–Trinajstić information content (AvgIpc) is 2.90. The van der Waals surface area contributed by atoms with E-state index in [1.165, 1.54) is 4.90 Å². The summed E-state index contributed by atoms with van der Waals surface area (Å²) in [6.07, 6.45) is 3.35. The second kappa shape index (κ2) is 8.65. The Balaban J connectivity index is 1.75. The van der Waals surface area contributed by atoms with Crippen molar-refractivity contribution in [2.24, 2.45) is 0 Å². The largest absolute Gasteiger partial charge is 0.490 e. The van der Waals surface area contributed by atoms with Crippen LogP contribution < -0.4 is 4.74 Å². The summed E-state index contributed by atoms with van der Waals surface area (Å²) < 4.78 is 5.43. The Bertz CT molecular complexity index is 925. The van der Waals surface area contributed by atoms with Crippen LogP contribution in [0.4, 0.5) is 4.79 Å². The highest BCUT2D eigenvalue weighted by Crippen LogP contribution is 2.34. The highest BCUT2D eigenvalue weighted by atomic mass is 35.5. The molecular formula is C20H15Cl2NO3S. The molecule has 1 fully saturated rings. The highest BCUT2D eigenvalue weighted by molar-refractivity contribution is 8.18. The predicted octanol–water partition coefficient (Wildman–Crippen LogP) is 5.79. The molecule has 0 bridgehead atoms. The summed E-state index contributed by atoms with van der Waals surface area (Å²) in [4.78, 5) is 26.4. The van der Waals surface area contributed by atoms with Gasteiger partial charge in [-0.25, -0.2) is 0 Å². The van der Waals surface area contributed by atoms with Crippen molar-refractivity contribution in [1.82, 2.24) is 4.90 Å². The minimum absolute atomic E-state index is 0.104. The first kappa shape index (κ1) is 19.5. The van der Waals surface area contributed by atoms with Crippen LogP contribution in [-0.4, -0.2) is 22.7 Å². The van der Waals surface area contributed by atoms with Crippen LogP contribution in [0.3, 0.4) is 0 Å². The summed E-state index contributed by atoms with van der Waals surface area (Å²) in [5, 5.41) is 0.585. The Kier molecular flexibility index (Phi) is 6.26. The Labute approximate surface area is 171 Å². The van der Waals surface area contributed by atoms with Crippen LogP contribution in [0, 0.1) is 0 Å². The van der Waals surface area contributed by atoms with Gasteiger partial charge in [-0.15, -0.1) is 0 Å². The number of rotatable bonds is 6. The lowest BCUT2D eigenvalue weighted by molar-refractivity contribution is -0.123. The smallest absolute Gasteiger partial charge is 0.293 e. The summed E-state index contributed by atoms with van der Waals surface area (Å²) >= 11 is 12.9. The van der Waals surface area contributed by atoms with Gasteiger partial charge < -0.3 is 4.74 Å². The molecule has 1 saturated heterocycles. The van der Waals surface area contributed by atoms with Crippen molar-refractivity contribution in [2.75, 3.05) is 6.61 Å². The molecule has 0 aliphatic carbocycles. The zero-order valence-electron chi connectivity index (χ0n) is 14.2. The van der Waals surface area contributed by atoms with Crippen LogP contribution >= 0.6 is 35.0 Å². The molecule has 1 aliphatic heterocycles. The second-order valence-electron chi connectivity index (χ2n) is 5.67. The SMILES string of the molecule is C=CCOc1ccc(/C=C2/SC(=O)N(Cc3ccc(Cl)cc3Cl)C2=O)cc1. The molecule has 0 aromatic heterocycles. The predicted molar refractivity (Wildman–Crippen MR) is 110 cm³/mol. The number of thioether (sulfide) groups is 1. The molecule has 27 heavy (non-hydrogen) atoms. The lowest BCUT2D eigenvalue weighted by Gasteiger charge is -2.13. The van der Waals surface area contributed by atoms with Gasteiger partial charge in [-0.3, -0.25) is 14.5 Å². The zero-order chi connectivity index (χ0) is 19.4. The van der Waals surface area contributed by atoms with Gasteiger partial charge in [0.25, 0.3) is 11.1 Å². The van der Waals surface area contributed by atoms with Crippen LogP contribution in [-0.2, 0) is 11.3 Å². The van der Waals surface area contributed by atoms with Gasteiger partial charge in [-0.05, 0) is 53.2 Å². The van der Waals surface area contributed by atoms with Gasteiger partial charge in [0.2, 0.25) is 0 Å². The lowest BCUT2D eigenvalue weighted by atomic mass is 10.2. The van der Waals surface area contributed by atoms with E-state index in [-0.39, 0.29) is 17.7 Å². The molecule has 138 valence electrons. The van der Waals surface area contributed by atoms with Crippen molar-refractivity contribution in [3.63, 3.8) is 0 Å². The fourth-order valence-electron chi connectivity index (χ4n) is 2.42. The Morgan fingerprint density at radius 3 is 2.52 bits per heavy atom. The summed E-state index contributed by atoms with van der Waals surface area (Å²) in [7, 11) is 0. The monoisotopic (exact) mass is 419 g/mol. The minimum atomic E-state index is -0.344. The lowest BCUT2D eigenvalue weighted by Crippen LogP contribution is -2.27. The molecule has 3 rings (SSSR count). The molecule has 4 nitrogen and oxygen atoms in total. The van der Waals surface area contributed by atoms with Crippen LogP contribution in [0.5, 0.6) is 5.75 Å². The van der Waals surface area contributed by atoms with Crippen molar-refractivity contribution >= 4 is 52.2 Å². The van der Waals surface area contributed by atoms with Gasteiger partial charge in [-0.1, -0.05) is 54.1 Å². The number of amides is 2. The van der Waals surface area contributed by atoms with Gasteiger partial charge in [-0.2, -0.15) is 0 Å². The first-order valence-electron chi connectivity index (χ1n) is 8.01. The number of imide groups is 1. The van der Waals surface area contributed by atoms with E-state index in [1.807, 2.05) is 12.1 Å². The molecule has 2 amide bonds. The summed E-state index contributed by atoms with van der Waals surface area (Å²) in [5.74, 6) is 0.362. The van der Waals surface area contributed by atoms with E-state index >= 15 is 0 Å². The third-order valence-electron chi connectivity index (χ3n) is 3.76. The van der Waals surface area contributed by atoms with E-state index in [0.29, 0.717) is 32.9 Å². The number of halogens is 2. The van der Waals surface area contributed by atoms with E-state index in [9.17, 15) is 9.59 Å². The van der Waals surface area contributed by atoms with Crippen molar-refractivity contribution in [1.29, 1.82) is 0 Å². The van der Waals surface area contributed by atoms with Gasteiger partial charge in [0.1, 0.15) is 12.4 Å². The van der Waals surface area contributed by atoms with E-state index in [0.717, 1.165) is 17.3 Å². The van der Waals surface area contributed by atoms with Crippen LogP contribution in [0.25, 0.3) is 6.08 Å². The number of carbonyl (C=O) groups excluding carboxylic acids is 2. The fourth-order valence-corrected chi connectivity index (χ4v) is 3.73. The van der Waals surface area contributed by atoms with Crippen LogP contribution in [0.15, 0.2) is 60.0 Å². The van der Waals surface area contributed by atoms with E-state index in [1.54, 1.807) is 42.5 Å². The highest BCUT2D eigenvalue weighted by Gasteiger charge is 2.35. The molecule has 7 heteroatoms. The Morgan fingerprint density at radius 2 is 1.85 bits per heavy atom. The topological polar surface area (TPSA) is 46.6 Å². The zero-order valence-corrected chi connectivity index (χ0v) is 16.5. The molecule has 0 N–H and O–H groups in total.